The molecule has 4 rings (SSSR count). The van der Waals surface area contributed by atoms with Gasteiger partial charge in [-0.1, -0.05) is 51.1 Å². The standard InChI is InChI=1S/C33H38N6O6S/c1-31(2,3)28(29(40)41)39(30(42)45-32(4,5)6)27-11-7-10-26(38-27)33(34,46(43,44)25-9-8-17-35-21-25)19-22-12-14-23(15-13-22)24-16-18-36-37-20-24/h7-18,20-21,28H,19,34H2,1-6H3,(H,40,41). The largest absolute Gasteiger partial charge is 0.480 e. The molecule has 3 aromatic heterocycles. The summed E-state index contributed by atoms with van der Waals surface area (Å²) in [5.74, 6) is -1.43. The van der Waals surface area contributed by atoms with Gasteiger partial charge in [-0.05, 0) is 67.6 Å². The monoisotopic (exact) mass is 646 g/mol. The minimum Gasteiger partial charge on any atom is -0.480 e. The summed E-state index contributed by atoms with van der Waals surface area (Å²) in [5, 5.41) is 18.0. The number of hydrogen-bond donors (Lipinski definition) is 2. The molecule has 0 spiro atoms. The molecule has 1 aromatic carbocycles. The number of carboxylic acids is 1. The molecule has 0 fully saturated rings. The van der Waals surface area contributed by atoms with Crippen LogP contribution in [0.4, 0.5) is 10.6 Å². The van der Waals surface area contributed by atoms with Crippen LogP contribution in [-0.4, -0.2) is 57.4 Å². The van der Waals surface area contributed by atoms with Crippen molar-refractivity contribution in [2.75, 3.05) is 4.90 Å². The summed E-state index contributed by atoms with van der Waals surface area (Å²) < 4.78 is 34.3. The fraction of sp³-hybridized carbons (Fsp3) is 0.333. The van der Waals surface area contributed by atoms with Crippen molar-refractivity contribution in [1.82, 2.24) is 20.2 Å². The number of nitrogens with zero attached hydrogens (tertiary/aromatic N) is 5. The van der Waals surface area contributed by atoms with Crippen molar-refractivity contribution >= 4 is 27.7 Å². The highest BCUT2D eigenvalue weighted by molar-refractivity contribution is 7.92. The third kappa shape index (κ3) is 7.37. The first kappa shape index (κ1) is 34.1. The molecule has 13 heteroatoms. The highest BCUT2D eigenvalue weighted by Gasteiger charge is 2.47. The SMILES string of the molecule is CC(C)(C)OC(=O)N(c1cccc(C(N)(Cc2ccc(-c3ccnnc3)cc2)S(=O)(=O)c2cccnc2)n1)C(C(=O)O)C(C)(C)C. The molecule has 4 aromatic rings. The Hall–Kier alpha value is -4.75. The topological polar surface area (TPSA) is 179 Å². The van der Waals surface area contributed by atoms with Gasteiger partial charge in [0.15, 0.2) is 4.87 Å². The molecule has 2 unspecified atom stereocenters. The summed E-state index contributed by atoms with van der Waals surface area (Å²) in [6.45, 7) is 9.96. The molecule has 3 N–H and O–H groups in total. The molecule has 0 aliphatic carbocycles. The molecule has 12 nitrogen and oxygen atoms in total. The van der Waals surface area contributed by atoms with Crippen LogP contribution in [0.1, 0.15) is 52.8 Å². The molecule has 0 bridgehead atoms. The van der Waals surface area contributed by atoms with Gasteiger partial charge in [-0.25, -0.2) is 27.9 Å². The predicted octanol–water partition coefficient (Wildman–Crippen LogP) is 5.00. The summed E-state index contributed by atoms with van der Waals surface area (Å²) in [6, 6.07) is 14.7. The lowest BCUT2D eigenvalue weighted by Crippen LogP contribution is -2.54. The first-order valence-electron chi connectivity index (χ1n) is 14.5. The van der Waals surface area contributed by atoms with E-state index in [-0.39, 0.29) is 22.8 Å². The zero-order chi connectivity index (χ0) is 33.9. The highest BCUT2D eigenvalue weighted by atomic mass is 32.2. The van der Waals surface area contributed by atoms with Crippen molar-refractivity contribution in [2.24, 2.45) is 11.1 Å². The summed E-state index contributed by atoms with van der Waals surface area (Å²) in [5.41, 5.74) is 7.12. The van der Waals surface area contributed by atoms with E-state index in [1.54, 1.807) is 72.1 Å². The van der Waals surface area contributed by atoms with Crippen LogP contribution in [-0.2, 0) is 30.7 Å². The fourth-order valence-corrected chi connectivity index (χ4v) is 6.55. The van der Waals surface area contributed by atoms with Crippen molar-refractivity contribution < 1.29 is 27.9 Å². The van der Waals surface area contributed by atoms with E-state index in [1.807, 2.05) is 12.1 Å². The molecular weight excluding hydrogens is 608 g/mol. The molecular formula is C33H38N6O6S. The molecule has 0 saturated carbocycles. The van der Waals surface area contributed by atoms with E-state index in [0.29, 0.717) is 5.56 Å². The highest BCUT2D eigenvalue weighted by Crippen LogP contribution is 2.36. The minimum atomic E-state index is -4.39. The number of amides is 1. The van der Waals surface area contributed by atoms with Gasteiger partial charge in [0, 0.05) is 24.4 Å². The number of carboxylic acid groups (broad SMARTS) is 1. The average molecular weight is 647 g/mol. The number of hydrogen-bond acceptors (Lipinski definition) is 10. The lowest BCUT2D eigenvalue weighted by molar-refractivity contribution is -0.141. The van der Waals surface area contributed by atoms with Crippen LogP contribution >= 0.6 is 0 Å². The Bertz CT molecular complexity index is 1790. The molecule has 3 heterocycles. The number of carbonyl (C=O) groups excluding carboxylic acids is 1. The van der Waals surface area contributed by atoms with Crippen molar-refractivity contribution in [1.29, 1.82) is 0 Å². The van der Waals surface area contributed by atoms with E-state index < -0.39 is 43.8 Å². The number of benzene rings is 1. The van der Waals surface area contributed by atoms with Crippen LogP contribution < -0.4 is 10.6 Å². The molecule has 2 atom stereocenters. The van der Waals surface area contributed by atoms with E-state index in [9.17, 15) is 23.1 Å². The van der Waals surface area contributed by atoms with E-state index in [0.717, 1.165) is 16.0 Å². The third-order valence-electron chi connectivity index (χ3n) is 7.08. The predicted molar refractivity (Wildman–Crippen MR) is 172 cm³/mol. The Labute approximate surface area is 268 Å². The molecule has 1 amide bonds. The first-order chi connectivity index (χ1) is 21.4. The number of aliphatic carboxylic acids is 1. The maximum atomic E-state index is 14.3. The number of aromatic nitrogens is 4. The van der Waals surface area contributed by atoms with E-state index in [4.69, 9.17) is 10.5 Å². The van der Waals surface area contributed by atoms with E-state index >= 15 is 0 Å². The molecule has 0 aliphatic rings. The number of ether oxygens (including phenoxy) is 1. The fourth-order valence-electron chi connectivity index (χ4n) is 4.92. The van der Waals surface area contributed by atoms with Crippen LogP contribution in [0.3, 0.4) is 0 Å². The maximum Gasteiger partial charge on any atom is 0.416 e. The smallest absolute Gasteiger partial charge is 0.416 e. The van der Waals surface area contributed by atoms with Crippen LogP contribution in [0, 0.1) is 5.41 Å². The Morgan fingerprint density at radius 1 is 0.891 bits per heavy atom. The van der Waals surface area contributed by atoms with Crippen molar-refractivity contribution in [3.05, 3.63) is 96.7 Å². The van der Waals surface area contributed by atoms with Gasteiger partial charge in [-0.2, -0.15) is 10.2 Å². The molecule has 242 valence electrons. The van der Waals surface area contributed by atoms with Gasteiger partial charge in [-0.15, -0.1) is 0 Å². The number of sulfone groups is 1. The zero-order valence-electron chi connectivity index (χ0n) is 26.6. The lowest BCUT2D eigenvalue weighted by Gasteiger charge is -2.37. The van der Waals surface area contributed by atoms with Gasteiger partial charge in [0.1, 0.15) is 17.5 Å². The maximum absolute atomic E-state index is 14.3. The van der Waals surface area contributed by atoms with Gasteiger partial charge >= 0.3 is 12.1 Å². The molecule has 0 aliphatic heterocycles. The zero-order valence-corrected chi connectivity index (χ0v) is 27.4. The Kier molecular flexibility index (Phi) is 9.59. The van der Waals surface area contributed by atoms with Crippen molar-refractivity contribution in [3.63, 3.8) is 0 Å². The normalized spacial score (nSPS) is 14.2. The second kappa shape index (κ2) is 12.9. The Balaban J connectivity index is 1.89. The summed E-state index contributed by atoms with van der Waals surface area (Å²) >= 11 is 0. The number of carbonyl (C=O) groups is 2. The number of pyridine rings is 2. The molecule has 0 saturated heterocycles. The minimum absolute atomic E-state index is 0.108. The summed E-state index contributed by atoms with van der Waals surface area (Å²) in [6.07, 6.45) is 4.65. The van der Waals surface area contributed by atoms with Gasteiger partial charge < -0.3 is 15.6 Å². The van der Waals surface area contributed by atoms with Crippen molar-refractivity contribution in [3.8, 4) is 11.1 Å². The van der Waals surface area contributed by atoms with E-state index in [2.05, 4.69) is 20.2 Å². The Morgan fingerprint density at radius 2 is 1.59 bits per heavy atom. The number of anilines is 1. The average Bonchev–Trinajstić information content (AvgIpc) is 2.99. The molecule has 46 heavy (non-hydrogen) atoms. The van der Waals surface area contributed by atoms with Gasteiger partial charge in [0.2, 0.25) is 9.84 Å². The lowest BCUT2D eigenvalue weighted by atomic mass is 9.85. The summed E-state index contributed by atoms with van der Waals surface area (Å²) in [7, 11) is -4.39. The molecule has 0 radical (unpaired) electrons. The van der Waals surface area contributed by atoms with Crippen LogP contribution in [0.2, 0.25) is 0 Å². The van der Waals surface area contributed by atoms with Crippen LogP contribution in [0.25, 0.3) is 11.1 Å². The Morgan fingerprint density at radius 3 is 2.13 bits per heavy atom. The number of rotatable bonds is 9. The second-order valence-corrected chi connectivity index (χ2v) is 15.1. The van der Waals surface area contributed by atoms with Gasteiger partial charge in [-0.3, -0.25) is 4.98 Å². The summed E-state index contributed by atoms with van der Waals surface area (Å²) in [4.78, 5) is 33.4. The van der Waals surface area contributed by atoms with E-state index in [1.165, 1.54) is 42.7 Å². The van der Waals surface area contributed by atoms with Crippen LogP contribution in [0.15, 0.2) is 90.3 Å². The van der Waals surface area contributed by atoms with Crippen molar-refractivity contribution in [2.45, 2.75) is 69.4 Å². The van der Waals surface area contributed by atoms with Crippen LogP contribution in [0.5, 0.6) is 0 Å². The third-order valence-corrected chi connectivity index (χ3v) is 9.25. The second-order valence-electron chi connectivity index (χ2n) is 12.9. The quantitative estimate of drug-likeness (QED) is 0.250. The number of nitrogens with two attached hydrogens (primary N) is 1. The van der Waals surface area contributed by atoms with Gasteiger partial charge in [0.25, 0.3) is 0 Å². The van der Waals surface area contributed by atoms with Gasteiger partial charge in [0.05, 0.1) is 23.0 Å². The first-order valence-corrected chi connectivity index (χ1v) is 15.9.